The van der Waals surface area contributed by atoms with Crippen LogP contribution >= 0.6 is 0 Å². The number of rotatable bonds is 1. The zero-order valence-corrected chi connectivity index (χ0v) is 12.4. The lowest BCUT2D eigenvalue weighted by Gasteiger charge is -2.39. The molecule has 0 heterocycles. The van der Waals surface area contributed by atoms with E-state index in [0.717, 1.165) is 24.3 Å². The number of allylic oxidation sites excluding steroid dienone is 2. The third-order valence-corrected chi connectivity index (χ3v) is 5.80. The van der Waals surface area contributed by atoms with E-state index in [4.69, 9.17) is 0 Å². The molecule has 104 valence electrons. The van der Waals surface area contributed by atoms with Gasteiger partial charge in [-0.15, -0.1) is 0 Å². The van der Waals surface area contributed by atoms with Crippen LogP contribution in [0.3, 0.4) is 0 Å². The van der Waals surface area contributed by atoms with Crippen molar-refractivity contribution >= 4 is 5.78 Å². The van der Waals surface area contributed by atoms with E-state index in [0.29, 0.717) is 11.7 Å². The van der Waals surface area contributed by atoms with Gasteiger partial charge in [-0.1, -0.05) is 37.6 Å². The molecule has 3 aliphatic carbocycles. The van der Waals surface area contributed by atoms with E-state index in [1.54, 1.807) is 5.57 Å². The average molecular weight is 266 g/mol. The van der Waals surface area contributed by atoms with Crippen LogP contribution in [-0.4, -0.2) is 5.78 Å². The molecule has 1 fully saturated rings. The smallest absolute Gasteiger partial charge is 0.163 e. The first-order valence-electron chi connectivity index (χ1n) is 7.91. The Morgan fingerprint density at radius 1 is 1.20 bits per heavy atom. The van der Waals surface area contributed by atoms with Crippen LogP contribution in [0.5, 0.6) is 0 Å². The Morgan fingerprint density at radius 2 is 2.05 bits per heavy atom. The van der Waals surface area contributed by atoms with Crippen molar-refractivity contribution in [3.63, 3.8) is 0 Å². The van der Waals surface area contributed by atoms with Crippen molar-refractivity contribution in [3.05, 3.63) is 46.5 Å². The van der Waals surface area contributed by atoms with Crippen LogP contribution in [0.4, 0.5) is 0 Å². The van der Waals surface area contributed by atoms with Crippen LogP contribution in [0.1, 0.15) is 66.9 Å². The molecule has 3 aliphatic rings. The first-order chi connectivity index (χ1) is 9.57. The second-order valence-corrected chi connectivity index (χ2v) is 7.39. The van der Waals surface area contributed by atoms with Crippen molar-refractivity contribution < 1.29 is 4.79 Å². The van der Waals surface area contributed by atoms with Crippen molar-refractivity contribution in [3.8, 4) is 0 Å². The molecule has 20 heavy (non-hydrogen) atoms. The summed E-state index contributed by atoms with van der Waals surface area (Å²) in [5, 5.41) is 0. The van der Waals surface area contributed by atoms with Crippen molar-refractivity contribution in [1.29, 1.82) is 0 Å². The molecule has 0 saturated heterocycles. The summed E-state index contributed by atoms with van der Waals surface area (Å²) >= 11 is 0. The minimum Gasteiger partial charge on any atom is -0.294 e. The molecule has 1 saturated carbocycles. The first kappa shape index (κ1) is 12.4. The SMILES string of the molecule is CC(C)c1ccc2c(c1)C(=O)CC1(CC3=CCC1C3)C2. The molecule has 0 N–H and O–H groups in total. The molecule has 1 spiro atoms. The number of hydrogen-bond donors (Lipinski definition) is 0. The molecule has 2 bridgehead atoms. The van der Waals surface area contributed by atoms with Crippen molar-refractivity contribution in [2.24, 2.45) is 11.3 Å². The summed E-state index contributed by atoms with van der Waals surface area (Å²) in [5.41, 5.74) is 5.50. The molecule has 0 radical (unpaired) electrons. The van der Waals surface area contributed by atoms with E-state index in [9.17, 15) is 4.79 Å². The number of hydrogen-bond acceptors (Lipinski definition) is 1. The summed E-state index contributed by atoms with van der Waals surface area (Å²) < 4.78 is 0. The summed E-state index contributed by atoms with van der Waals surface area (Å²) in [4.78, 5) is 12.7. The third kappa shape index (κ3) is 1.65. The quantitative estimate of drug-likeness (QED) is 0.675. The Hall–Kier alpha value is -1.37. The Morgan fingerprint density at radius 3 is 2.70 bits per heavy atom. The van der Waals surface area contributed by atoms with Crippen LogP contribution in [0, 0.1) is 11.3 Å². The van der Waals surface area contributed by atoms with Crippen molar-refractivity contribution in [2.75, 3.05) is 0 Å². The molecule has 0 aromatic heterocycles. The molecular weight excluding hydrogens is 244 g/mol. The van der Waals surface area contributed by atoms with Crippen LogP contribution < -0.4 is 0 Å². The Bertz CT molecular complexity index is 623. The van der Waals surface area contributed by atoms with Gasteiger partial charge in [0.1, 0.15) is 0 Å². The van der Waals surface area contributed by atoms with Gasteiger partial charge in [-0.25, -0.2) is 0 Å². The topological polar surface area (TPSA) is 17.1 Å². The van der Waals surface area contributed by atoms with Gasteiger partial charge < -0.3 is 0 Å². The van der Waals surface area contributed by atoms with Gasteiger partial charge in [0.15, 0.2) is 5.78 Å². The zero-order valence-electron chi connectivity index (χ0n) is 12.4. The Kier molecular flexibility index (Phi) is 2.52. The van der Waals surface area contributed by atoms with Gasteiger partial charge in [-0.2, -0.15) is 0 Å². The number of carbonyl (C=O) groups excluding carboxylic acids is 1. The second kappa shape index (κ2) is 4.07. The highest BCUT2D eigenvalue weighted by Crippen LogP contribution is 2.58. The standard InChI is InChI=1S/C19H22O/c1-12(2)14-4-5-15-10-19(11-18(20)17(15)8-14)9-13-3-6-16(19)7-13/h3-5,8,12,16H,6-7,9-11H2,1-2H3. The van der Waals surface area contributed by atoms with Crippen molar-refractivity contribution in [1.82, 2.24) is 0 Å². The van der Waals surface area contributed by atoms with E-state index in [1.807, 2.05) is 0 Å². The van der Waals surface area contributed by atoms with Gasteiger partial charge in [0.2, 0.25) is 0 Å². The molecule has 2 unspecified atom stereocenters. The number of benzene rings is 1. The van der Waals surface area contributed by atoms with Gasteiger partial charge >= 0.3 is 0 Å². The maximum Gasteiger partial charge on any atom is 0.163 e. The zero-order chi connectivity index (χ0) is 13.9. The predicted octanol–water partition coefficient (Wildman–Crippen LogP) is 4.67. The van der Waals surface area contributed by atoms with E-state index >= 15 is 0 Å². The van der Waals surface area contributed by atoms with Crippen LogP contribution in [0.2, 0.25) is 0 Å². The summed E-state index contributed by atoms with van der Waals surface area (Å²) in [7, 11) is 0. The fraction of sp³-hybridized carbons (Fsp3) is 0.526. The van der Waals surface area contributed by atoms with Crippen LogP contribution in [0.15, 0.2) is 29.8 Å². The first-order valence-corrected chi connectivity index (χ1v) is 7.91. The van der Waals surface area contributed by atoms with Crippen molar-refractivity contribution in [2.45, 2.75) is 51.9 Å². The minimum absolute atomic E-state index is 0.271. The number of ketones is 1. The van der Waals surface area contributed by atoms with E-state index in [1.165, 1.54) is 30.4 Å². The monoisotopic (exact) mass is 266 g/mol. The van der Waals surface area contributed by atoms with Crippen LogP contribution in [0.25, 0.3) is 0 Å². The molecule has 1 nitrogen and oxygen atoms in total. The number of carbonyl (C=O) groups is 1. The lowest BCUT2D eigenvalue weighted by atomic mass is 9.63. The highest BCUT2D eigenvalue weighted by Gasteiger charge is 2.50. The third-order valence-electron chi connectivity index (χ3n) is 5.80. The summed E-state index contributed by atoms with van der Waals surface area (Å²) in [6, 6.07) is 6.60. The maximum atomic E-state index is 12.7. The second-order valence-electron chi connectivity index (χ2n) is 7.39. The molecule has 1 aromatic rings. The fourth-order valence-corrected chi connectivity index (χ4v) is 4.64. The molecule has 2 atom stereocenters. The van der Waals surface area contributed by atoms with Gasteiger partial charge in [-0.3, -0.25) is 4.79 Å². The van der Waals surface area contributed by atoms with Gasteiger partial charge in [0, 0.05) is 12.0 Å². The maximum absolute atomic E-state index is 12.7. The van der Waals surface area contributed by atoms with Crippen LogP contribution in [-0.2, 0) is 6.42 Å². The molecule has 1 heteroatoms. The minimum atomic E-state index is 0.271. The summed E-state index contributed by atoms with van der Waals surface area (Å²) in [5.74, 6) is 1.62. The van der Waals surface area contributed by atoms with E-state index in [2.05, 4.69) is 38.1 Å². The van der Waals surface area contributed by atoms with Gasteiger partial charge in [0.05, 0.1) is 0 Å². The summed E-state index contributed by atoms with van der Waals surface area (Å²) in [6.07, 6.45) is 7.96. The lowest BCUT2D eigenvalue weighted by molar-refractivity contribution is 0.0823. The van der Waals surface area contributed by atoms with E-state index in [-0.39, 0.29) is 5.41 Å². The largest absolute Gasteiger partial charge is 0.294 e. The number of fused-ring (bicyclic) bond motifs is 4. The number of Topliss-reactive ketones (excluding diaryl/α,β-unsaturated/α-hetero) is 1. The average Bonchev–Trinajstić information content (AvgIpc) is 2.98. The fourth-order valence-electron chi connectivity index (χ4n) is 4.64. The molecule has 4 rings (SSSR count). The molecule has 1 aromatic carbocycles. The Balaban J connectivity index is 1.74. The van der Waals surface area contributed by atoms with E-state index < -0.39 is 0 Å². The highest BCUT2D eigenvalue weighted by molar-refractivity contribution is 5.99. The molecular formula is C19H22O. The lowest BCUT2D eigenvalue weighted by Crippen LogP contribution is -2.36. The molecule has 0 amide bonds. The normalized spacial score (nSPS) is 31.1. The Labute approximate surface area is 121 Å². The predicted molar refractivity (Wildman–Crippen MR) is 81.0 cm³/mol. The summed E-state index contributed by atoms with van der Waals surface area (Å²) in [6.45, 7) is 4.39. The highest BCUT2D eigenvalue weighted by atomic mass is 16.1. The van der Waals surface area contributed by atoms with Gasteiger partial charge in [-0.05, 0) is 60.1 Å². The molecule has 0 aliphatic heterocycles. The van der Waals surface area contributed by atoms with Gasteiger partial charge in [0.25, 0.3) is 0 Å².